The van der Waals surface area contributed by atoms with Gasteiger partial charge in [0.15, 0.2) is 0 Å². The van der Waals surface area contributed by atoms with Gasteiger partial charge in [-0.15, -0.1) is 0 Å². The van der Waals surface area contributed by atoms with Crippen LogP contribution in [0.1, 0.15) is 47.0 Å². The Balaban J connectivity index is 3.54. The topological polar surface area (TPSA) is 26.3 Å². The summed E-state index contributed by atoms with van der Waals surface area (Å²) in [5.74, 6) is 0.593. The average Bonchev–Trinajstić information content (AvgIpc) is 2.16. The summed E-state index contributed by atoms with van der Waals surface area (Å²) in [5, 5.41) is 0. The fraction of sp³-hybridized carbons (Fsp3) is 0.769. The molecule has 2 heteroatoms. The summed E-state index contributed by atoms with van der Waals surface area (Å²) in [7, 11) is 0. The number of esters is 1. The minimum atomic E-state index is -0.0645. The third kappa shape index (κ3) is 8.22. The quantitative estimate of drug-likeness (QED) is 0.366. The van der Waals surface area contributed by atoms with Gasteiger partial charge in [0.05, 0.1) is 12.5 Å². The van der Waals surface area contributed by atoms with Crippen molar-refractivity contribution in [1.29, 1.82) is 0 Å². The average molecular weight is 212 g/mol. The molecule has 0 aliphatic rings. The second kappa shape index (κ2) is 8.51. The minimum absolute atomic E-state index is 0.0393. The van der Waals surface area contributed by atoms with Gasteiger partial charge in [-0.1, -0.05) is 32.9 Å². The van der Waals surface area contributed by atoms with Crippen LogP contribution in [0.5, 0.6) is 0 Å². The third-order valence-electron chi connectivity index (χ3n) is 2.22. The fourth-order valence-electron chi connectivity index (χ4n) is 1.31. The molecule has 0 amide bonds. The molecule has 0 aliphatic heterocycles. The molecule has 2 nitrogen and oxygen atoms in total. The largest absolute Gasteiger partial charge is 0.466 e. The lowest BCUT2D eigenvalue weighted by atomic mass is 10.0. The molecule has 0 radical (unpaired) electrons. The van der Waals surface area contributed by atoms with Crippen LogP contribution in [-0.2, 0) is 9.53 Å². The zero-order valence-electron chi connectivity index (χ0n) is 10.5. The van der Waals surface area contributed by atoms with Crippen molar-refractivity contribution in [1.82, 2.24) is 0 Å². The summed E-state index contributed by atoms with van der Waals surface area (Å²) < 4.78 is 4.94. The van der Waals surface area contributed by atoms with Crippen molar-refractivity contribution < 1.29 is 9.53 Å². The number of ether oxygens (including phenoxy) is 1. The molecular weight excluding hydrogens is 188 g/mol. The first-order valence-electron chi connectivity index (χ1n) is 5.91. The van der Waals surface area contributed by atoms with Crippen molar-refractivity contribution in [3.63, 3.8) is 0 Å². The van der Waals surface area contributed by atoms with Gasteiger partial charge in [0.1, 0.15) is 0 Å². The minimum Gasteiger partial charge on any atom is -0.466 e. The Morgan fingerprint density at radius 3 is 2.53 bits per heavy atom. The predicted octanol–water partition coefficient (Wildman–Crippen LogP) is 3.57. The summed E-state index contributed by atoms with van der Waals surface area (Å²) in [6.07, 6.45) is 7.43. The number of rotatable bonds is 7. The van der Waals surface area contributed by atoms with Crippen molar-refractivity contribution in [2.75, 3.05) is 6.61 Å². The zero-order valence-corrected chi connectivity index (χ0v) is 10.5. The van der Waals surface area contributed by atoms with E-state index in [1.165, 1.54) is 0 Å². The fourth-order valence-corrected chi connectivity index (χ4v) is 1.31. The maximum Gasteiger partial charge on any atom is 0.308 e. The molecule has 0 heterocycles. The smallest absolute Gasteiger partial charge is 0.308 e. The third-order valence-corrected chi connectivity index (χ3v) is 2.22. The molecule has 0 rings (SSSR count). The van der Waals surface area contributed by atoms with Crippen molar-refractivity contribution in [2.45, 2.75) is 47.0 Å². The van der Waals surface area contributed by atoms with E-state index in [0.717, 1.165) is 19.3 Å². The Labute approximate surface area is 93.7 Å². The van der Waals surface area contributed by atoms with Crippen molar-refractivity contribution in [3.8, 4) is 0 Å². The number of allylic oxidation sites excluding steroid dienone is 2. The lowest BCUT2D eigenvalue weighted by Crippen LogP contribution is -2.14. The van der Waals surface area contributed by atoms with Crippen molar-refractivity contribution >= 4 is 5.97 Å². The SMILES string of the molecule is CCOC(=O)C(C)CCC/C=C/C(C)C. The summed E-state index contributed by atoms with van der Waals surface area (Å²) in [5.41, 5.74) is 0. The van der Waals surface area contributed by atoms with Gasteiger partial charge in [-0.3, -0.25) is 4.79 Å². The lowest BCUT2D eigenvalue weighted by Gasteiger charge is -2.08. The molecule has 0 saturated carbocycles. The highest BCUT2D eigenvalue weighted by Crippen LogP contribution is 2.10. The van der Waals surface area contributed by atoms with E-state index in [-0.39, 0.29) is 11.9 Å². The second-order valence-corrected chi connectivity index (χ2v) is 4.26. The van der Waals surface area contributed by atoms with Gasteiger partial charge in [0, 0.05) is 0 Å². The van der Waals surface area contributed by atoms with E-state index >= 15 is 0 Å². The molecule has 88 valence electrons. The van der Waals surface area contributed by atoms with Gasteiger partial charge in [-0.2, -0.15) is 0 Å². The van der Waals surface area contributed by atoms with E-state index in [1.807, 2.05) is 13.8 Å². The molecule has 0 N–H and O–H groups in total. The van der Waals surface area contributed by atoms with Crippen LogP contribution < -0.4 is 0 Å². The molecule has 0 bridgehead atoms. The Kier molecular flexibility index (Phi) is 8.06. The standard InChI is InChI=1S/C13H24O2/c1-5-15-13(14)12(4)10-8-6-7-9-11(2)3/h7,9,11-12H,5-6,8,10H2,1-4H3/b9-7+. The molecule has 0 aromatic heterocycles. The summed E-state index contributed by atoms with van der Waals surface area (Å²) in [6, 6.07) is 0. The van der Waals surface area contributed by atoms with Crippen LogP contribution in [-0.4, -0.2) is 12.6 Å². The van der Waals surface area contributed by atoms with E-state index in [1.54, 1.807) is 0 Å². The maximum atomic E-state index is 11.3. The predicted molar refractivity (Wildman–Crippen MR) is 63.6 cm³/mol. The van der Waals surface area contributed by atoms with Gasteiger partial charge in [-0.25, -0.2) is 0 Å². The Hall–Kier alpha value is -0.790. The first-order chi connectivity index (χ1) is 7.07. The van der Waals surface area contributed by atoms with Crippen LogP contribution in [0.2, 0.25) is 0 Å². The van der Waals surface area contributed by atoms with E-state index in [0.29, 0.717) is 12.5 Å². The Morgan fingerprint density at radius 2 is 2.00 bits per heavy atom. The first kappa shape index (κ1) is 14.2. The van der Waals surface area contributed by atoms with E-state index in [9.17, 15) is 4.79 Å². The molecule has 0 saturated heterocycles. The molecular formula is C13H24O2. The number of carbonyl (C=O) groups is 1. The van der Waals surface area contributed by atoms with E-state index in [4.69, 9.17) is 4.74 Å². The van der Waals surface area contributed by atoms with Gasteiger partial charge in [0.25, 0.3) is 0 Å². The summed E-state index contributed by atoms with van der Waals surface area (Å²) in [4.78, 5) is 11.3. The normalized spacial score (nSPS) is 13.4. The highest BCUT2D eigenvalue weighted by Gasteiger charge is 2.12. The van der Waals surface area contributed by atoms with E-state index in [2.05, 4.69) is 26.0 Å². The van der Waals surface area contributed by atoms with Crippen LogP contribution >= 0.6 is 0 Å². The number of hydrogen-bond donors (Lipinski definition) is 0. The molecule has 0 aromatic carbocycles. The summed E-state index contributed by atoms with van der Waals surface area (Å²) in [6.45, 7) is 8.59. The zero-order chi connectivity index (χ0) is 11.7. The molecule has 0 fully saturated rings. The maximum absolute atomic E-state index is 11.3. The second-order valence-electron chi connectivity index (χ2n) is 4.26. The molecule has 0 spiro atoms. The van der Waals surface area contributed by atoms with Gasteiger partial charge >= 0.3 is 5.97 Å². The van der Waals surface area contributed by atoms with Crippen LogP contribution in [0.4, 0.5) is 0 Å². The van der Waals surface area contributed by atoms with Gasteiger partial charge in [0.2, 0.25) is 0 Å². The van der Waals surface area contributed by atoms with Gasteiger partial charge in [-0.05, 0) is 32.1 Å². The van der Waals surface area contributed by atoms with Crippen LogP contribution in [0.3, 0.4) is 0 Å². The number of carbonyl (C=O) groups excluding carboxylic acids is 1. The first-order valence-corrected chi connectivity index (χ1v) is 5.91. The van der Waals surface area contributed by atoms with Gasteiger partial charge < -0.3 is 4.74 Å². The molecule has 1 unspecified atom stereocenters. The van der Waals surface area contributed by atoms with Crippen LogP contribution in [0.25, 0.3) is 0 Å². The van der Waals surface area contributed by atoms with Crippen molar-refractivity contribution in [2.24, 2.45) is 11.8 Å². The number of hydrogen-bond acceptors (Lipinski definition) is 2. The molecule has 15 heavy (non-hydrogen) atoms. The Morgan fingerprint density at radius 1 is 1.33 bits per heavy atom. The van der Waals surface area contributed by atoms with E-state index < -0.39 is 0 Å². The molecule has 1 atom stereocenters. The highest BCUT2D eigenvalue weighted by molar-refractivity contribution is 5.71. The monoisotopic (exact) mass is 212 g/mol. The Bertz CT molecular complexity index is 195. The lowest BCUT2D eigenvalue weighted by molar-refractivity contribution is -0.147. The highest BCUT2D eigenvalue weighted by atomic mass is 16.5. The van der Waals surface area contributed by atoms with Crippen LogP contribution in [0.15, 0.2) is 12.2 Å². The van der Waals surface area contributed by atoms with Crippen molar-refractivity contribution in [3.05, 3.63) is 12.2 Å². The summed E-state index contributed by atoms with van der Waals surface area (Å²) >= 11 is 0. The number of unbranched alkanes of at least 4 members (excludes halogenated alkanes) is 1. The molecule has 0 aromatic rings. The van der Waals surface area contributed by atoms with Crippen LogP contribution in [0, 0.1) is 11.8 Å². The molecule has 0 aliphatic carbocycles.